The fraction of sp³-hybridized carbons (Fsp3) is 0.588. The molecule has 4 heteroatoms. The van der Waals surface area contributed by atoms with Crippen molar-refractivity contribution in [3.63, 3.8) is 0 Å². The summed E-state index contributed by atoms with van der Waals surface area (Å²) in [5.41, 5.74) is 0. The minimum absolute atomic E-state index is 0.196. The number of para-hydroxylation sites is 1. The van der Waals surface area contributed by atoms with E-state index in [1.54, 1.807) is 0 Å². The molecule has 0 aliphatic carbocycles. The van der Waals surface area contributed by atoms with Crippen LogP contribution in [0.1, 0.15) is 32.6 Å². The number of nitrogens with one attached hydrogen (secondary N) is 1. The largest absolute Gasteiger partial charge is 0.493 e. The number of nitrogens with zero attached hydrogens (tertiary/aromatic N) is 1. The predicted molar refractivity (Wildman–Crippen MR) is 84.4 cm³/mol. The zero-order chi connectivity index (χ0) is 14.9. The second-order valence-corrected chi connectivity index (χ2v) is 5.54. The molecule has 1 aliphatic rings. The van der Waals surface area contributed by atoms with Crippen molar-refractivity contribution in [2.75, 3.05) is 26.2 Å². The van der Waals surface area contributed by atoms with Crippen LogP contribution >= 0.6 is 0 Å². The lowest BCUT2D eigenvalue weighted by molar-refractivity contribution is -0.132. The van der Waals surface area contributed by atoms with Gasteiger partial charge in [0.2, 0.25) is 5.91 Å². The first-order valence-electron chi connectivity index (χ1n) is 7.98. The van der Waals surface area contributed by atoms with E-state index in [-0.39, 0.29) is 5.91 Å². The molecule has 4 nitrogen and oxygen atoms in total. The molecular weight excluding hydrogens is 264 g/mol. The molecule has 2 rings (SSSR count). The van der Waals surface area contributed by atoms with Gasteiger partial charge in [-0.25, -0.2) is 0 Å². The minimum Gasteiger partial charge on any atom is -0.493 e. The van der Waals surface area contributed by atoms with E-state index in [4.69, 9.17) is 4.74 Å². The summed E-state index contributed by atoms with van der Waals surface area (Å²) in [7, 11) is 0. The topological polar surface area (TPSA) is 41.6 Å². The predicted octanol–water partition coefficient (Wildman–Crippen LogP) is 2.45. The van der Waals surface area contributed by atoms with Crippen LogP contribution < -0.4 is 10.1 Å². The van der Waals surface area contributed by atoms with Gasteiger partial charge in [-0.3, -0.25) is 4.79 Å². The molecule has 116 valence electrons. The van der Waals surface area contributed by atoms with Crippen LogP contribution in [0.5, 0.6) is 5.75 Å². The number of carbonyl (C=O) groups is 1. The van der Waals surface area contributed by atoms with E-state index < -0.39 is 0 Å². The first-order chi connectivity index (χ1) is 10.3. The zero-order valence-corrected chi connectivity index (χ0v) is 12.9. The van der Waals surface area contributed by atoms with Gasteiger partial charge in [0.1, 0.15) is 5.75 Å². The third kappa shape index (κ3) is 5.38. The van der Waals surface area contributed by atoms with Crippen molar-refractivity contribution in [2.45, 2.75) is 38.6 Å². The van der Waals surface area contributed by atoms with Crippen LogP contribution in [0.4, 0.5) is 0 Å². The molecule has 1 amide bonds. The molecular formula is C17H26N2O2. The molecule has 1 heterocycles. The Morgan fingerprint density at radius 2 is 2.19 bits per heavy atom. The van der Waals surface area contributed by atoms with Crippen LogP contribution in [0.3, 0.4) is 0 Å². The van der Waals surface area contributed by atoms with Gasteiger partial charge < -0.3 is 15.0 Å². The van der Waals surface area contributed by atoms with E-state index >= 15 is 0 Å². The molecule has 1 atom stereocenters. The molecule has 0 aromatic heterocycles. The molecule has 1 saturated heterocycles. The second kappa shape index (κ2) is 8.67. The van der Waals surface area contributed by atoms with Crippen LogP contribution in [0.15, 0.2) is 30.3 Å². The molecule has 1 aromatic rings. The average molecular weight is 290 g/mol. The van der Waals surface area contributed by atoms with Gasteiger partial charge in [-0.05, 0) is 37.9 Å². The average Bonchev–Trinajstić information content (AvgIpc) is 3.01. The molecule has 21 heavy (non-hydrogen) atoms. The molecule has 0 radical (unpaired) electrons. The lowest BCUT2D eigenvalue weighted by Crippen LogP contribution is -2.41. The Morgan fingerprint density at radius 1 is 1.38 bits per heavy atom. The number of rotatable bonds is 8. The lowest BCUT2D eigenvalue weighted by atomic mass is 10.2. The van der Waals surface area contributed by atoms with Crippen molar-refractivity contribution in [1.29, 1.82) is 0 Å². The van der Waals surface area contributed by atoms with Crippen molar-refractivity contribution in [2.24, 2.45) is 0 Å². The maximum Gasteiger partial charge on any atom is 0.226 e. The van der Waals surface area contributed by atoms with E-state index in [1.165, 1.54) is 12.8 Å². The second-order valence-electron chi connectivity index (χ2n) is 5.54. The smallest absolute Gasteiger partial charge is 0.226 e. The van der Waals surface area contributed by atoms with Crippen LogP contribution in [0.25, 0.3) is 0 Å². The highest BCUT2D eigenvalue weighted by Crippen LogP contribution is 2.11. The summed E-state index contributed by atoms with van der Waals surface area (Å²) in [6.45, 7) is 5.31. The van der Waals surface area contributed by atoms with Crippen LogP contribution in [-0.4, -0.2) is 43.1 Å². The number of hydrogen-bond acceptors (Lipinski definition) is 3. The Bertz CT molecular complexity index is 416. The van der Waals surface area contributed by atoms with Gasteiger partial charge in [0.25, 0.3) is 0 Å². The van der Waals surface area contributed by atoms with E-state index in [0.29, 0.717) is 19.1 Å². The summed E-state index contributed by atoms with van der Waals surface area (Å²) in [5, 5.41) is 3.46. The molecule has 1 unspecified atom stereocenters. The Kier molecular flexibility index (Phi) is 6.54. The van der Waals surface area contributed by atoms with Crippen LogP contribution in [-0.2, 0) is 4.79 Å². The molecule has 0 bridgehead atoms. The Morgan fingerprint density at radius 3 is 2.86 bits per heavy atom. The number of benzene rings is 1. The third-order valence-electron chi connectivity index (χ3n) is 3.78. The van der Waals surface area contributed by atoms with E-state index in [0.717, 1.165) is 31.8 Å². The summed E-state index contributed by atoms with van der Waals surface area (Å²) in [6, 6.07) is 10.1. The Hall–Kier alpha value is -1.55. The van der Waals surface area contributed by atoms with Gasteiger partial charge in [0.15, 0.2) is 0 Å². The van der Waals surface area contributed by atoms with Gasteiger partial charge in [0, 0.05) is 19.1 Å². The van der Waals surface area contributed by atoms with Crippen molar-refractivity contribution in [1.82, 2.24) is 10.2 Å². The fourth-order valence-electron chi connectivity index (χ4n) is 2.70. The van der Waals surface area contributed by atoms with Gasteiger partial charge in [-0.15, -0.1) is 0 Å². The first-order valence-corrected chi connectivity index (χ1v) is 7.98. The van der Waals surface area contributed by atoms with Gasteiger partial charge in [0.05, 0.1) is 13.0 Å². The highest BCUT2D eigenvalue weighted by molar-refractivity contribution is 5.76. The summed E-state index contributed by atoms with van der Waals surface area (Å²) >= 11 is 0. The minimum atomic E-state index is 0.196. The first kappa shape index (κ1) is 15.8. The van der Waals surface area contributed by atoms with Gasteiger partial charge in [-0.1, -0.05) is 25.1 Å². The maximum atomic E-state index is 12.3. The van der Waals surface area contributed by atoms with Crippen molar-refractivity contribution < 1.29 is 9.53 Å². The normalized spacial score (nSPS) is 17.7. The van der Waals surface area contributed by atoms with Gasteiger partial charge in [-0.2, -0.15) is 0 Å². The summed E-state index contributed by atoms with van der Waals surface area (Å²) in [4.78, 5) is 14.3. The SMILES string of the molecule is CCCN(CC1CCCN1)C(=O)CCOc1ccccc1. The summed E-state index contributed by atoms with van der Waals surface area (Å²) < 4.78 is 5.61. The van der Waals surface area contributed by atoms with Crippen molar-refractivity contribution in [3.05, 3.63) is 30.3 Å². The Balaban J connectivity index is 1.75. The van der Waals surface area contributed by atoms with Crippen LogP contribution in [0.2, 0.25) is 0 Å². The number of amides is 1. The summed E-state index contributed by atoms with van der Waals surface area (Å²) in [5.74, 6) is 1.02. The molecule has 1 fully saturated rings. The van der Waals surface area contributed by atoms with Crippen LogP contribution in [0, 0.1) is 0 Å². The summed E-state index contributed by atoms with van der Waals surface area (Å²) in [6.07, 6.45) is 3.84. The van der Waals surface area contributed by atoms with E-state index in [1.807, 2.05) is 35.2 Å². The van der Waals surface area contributed by atoms with Gasteiger partial charge >= 0.3 is 0 Å². The third-order valence-corrected chi connectivity index (χ3v) is 3.78. The highest BCUT2D eigenvalue weighted by Gasteiger charge is 2.20. The highest BCUT2D eigenvalue weighted by atomic mass is 16.5. The molecule has 1 N–H and O–H groups in total. The molecule has 1 aliphatic heterocycles. The standard InChI is InChI=1S/C17H26N2O2/c1-2-12-19(14-15-7-6-11-18-15)17(20)10-13-21-16-8-4-3-5-9-16/h3-5,8-9,15,18H,2,6-7,10-14H2,1H3. The quantitative estimate of drug-likeness (QED) is 0.799. The maximum absolute atomic E-state index is 12.3. The molecule has 0 saturated carbocycles. The fourth-order valence-corrected chi connectivity index (χ4v) is 2.70. The zero-order valence-electron chi connectivity index (χ0n) is 12.9. The van der Waals surface area contributed by atoms with E-state index in [2.05, 4.69) is 12.2 Å². The van der Waals surface area contributed by atoms with E-state index in [9.17, 15) is 4.79 Å². The number of ether oxygens (including phenoxy) is 1. The molecule has 1 aromatic carbocycles. The van der Waals surface area contributed by atoms with Crippen molar-refractivity contribution in [3.8, 4) is 5.75 Å². The monoisotopic (exact) mass is 290 g/mol. The lowest BCUT2D eigenvalue weighted by Gasteiger charge is -2.25. The molecule has 0 spiro atoms. The number of carbonyl (C=O) groups excluding carboxylic acids is 1. The number of hydrogen-bond donors (Lipinski definition) is 1. The van der Waals surface area contributed by atoms with Crippen molar-refractivity contribution >= 4 is 5.91 Å². The Labute approximate surface area is 127 Å².